The predicted molar refractivity (Wildman–Crippen MR) is 67.7 cm³/mol. The third-order valence-corrected chi connectivity index (χ3v) is 5.02. The molecular weight excluding hydrogens is 212 g/mol. The maximum atomic E-state index is 12.3. The summed E-state index contributed by atoms with van der Waals surface area (Å²) in [7, 11) is 0. The molecule has 3 heteroatoms. The van der Waals surface area contributed by atoms with Crippen LogP contribution in [0, 0.1) is 5.41 Å². The molecule has 96 valence electrons. The van der Waals surface area contributed by atoms with Crippen LogP contribution in [0.5, 0.6) is 0 Å². The summed E-state index contributed by atoms with van der Waals surface area (Å²) in [6.45, 7) is 3.08. The highest BCUT2D eigenvalue weighted by atomic mass is 16.2. The predicted octanol–water partition coefficient (Wildman–Crippen LogP) is 1.92. The highest BCUT2D eigenvalue weighted by Crippen LogP contribution is 2.43. The summed E-state index contributed by atoms with van der Waals surface area (Å²) in [6.07, 6.45) is 10.3. The van der Waals surface area contributed by atoms with Crippen LogP contribution in [0.1, 0.15) is 51.4 Å². The summed E-state index contributed by atoms with van der Waals surface area (Å²) in [5.41, 5.74) is 0.506. The van der Waals surface area contributed by atoms with Gasteiger partial charge in [0.1, 0.15) is 0 Å². The average Bonchev–Trinajstić information content (AvgIpc) is 2.99. The van der Waals surface area contributed by atoms with Crippen LogP contribution in [0.2, 0.25) is 0 Å². The van der Waals surface area contributed by atoms with Gasteiger partial charge < -0.3 is 10.2 Å². The first-order chi connectivity index (χ1) is 8.29. The monoisotopic (exact) mass is 236 g/mol. The van der Waals surface area contributed by atoms with Crippen molar-refractivity contribution < 1.29 is 4.79 Å². The molecule has 0 radical (unpaired) electrons. The lowest BCUT2D eigenvalue weighted by atomic mass is 9.73. The van der Waals surface area contributed by atoms with Gasteiger partial charge in [-0.25, -0.2) is 0 Å². The minimum Gasteiger partial charge on any atom is -0.341 e. The Morgan fingerprint density at radius 1 is 1.12 bits per heavy atom. The Balaban J connectivity index is 1.60. The third-order valence-electron chi connectivity index (χ3n) is 5.02. The lowest BCUT2D eigenvalue weighted by Crippen LogP contribution is -2.43. The van der Waals surface area contributed by atoms with E-state index in [0.29, 0.717) is 11.3 Å². The van der Waals surface area contributed by atoms with Crippen molar-refractivity contribution in [2.75, 3.05) is 19.6 Å². The number of nitrogens with one attached hydrogen (secondary N) is 1. The van der Waals surface area contributed by atoms with Crippen LogP contribution < -0.4 is 5.32 Å². The molecule has 3 nitrogen and oxygen atoms in total. The Kier molecular flexibility index (Phi) is 3.12. The zero-order valence-electron chi connectivity index (χ0n) is 10.7. The van der Waals surface area contributed by atoms with E-state index >= 15 is 0 Å². The Morgan fingerprint density at radius 3 is 2.65 bits per heavy atom. The molecule has 2 aliphatic heterocycles. The van der Waals surface area contributed by atoms with Gasteiger partial charge >= 0.3 is 0 Å². The minimum absolute atomic E-state index is 0.133. The second kappa shape index (κ2) is 4.60. The quantitative estimate of drug-likeness (QED) is 0.754. The van der Waals surface area contributed by atoms with E-state index in [1.165, 1.54) is 38.5 Å². The van der Waals surface area contributed by atoms with Gasteiger partial charge in [-0.3, -0.25) is 4.79 Å². The molecule has 17 heavy (non-hydrogen) atoms. The molecule has 0 aromatic rings. The number of likely N-dealkylation sites (tertiary alicyclic amines) is 1. The van der Waals surface area contributed by atoms with Gasteiger partial charge in [-0.1, -0.05) is 19.3 Å². The SMILES string of the molecule is O=C(C1CCCN1)N1CCC2(CCCCC2)C1. The van der Waals surface area contributed by atoms with Crippen LogP contribution >= 0.6 is 0 Å². The smallest absolute Gasteiger partial charge is 0.239 e. The first-order valence-electron chi connectivity index (χ1n) is 7.31. The fraction of sp³-hybridized carbons (Fsp3) is 0.929. The zero-order chi connectivity index (χ0) is 11.7. The number of nitrogens with zero attached hydrogens (tertiary/aromatic N) is 1. The summed E-state index contributed by atoms with van der Waals surface area (Å²) >= 11 is 0. The molecule has 2 saturated heterocycles. The Morgan fingerprint density at radius 2 is 1.94 bits per heavy atom. The van der Waals surface area contributed by atoms with Gasteiger partial charge in [-0.05, 0) is 44.1 Å². The highest BCUT2D eigenvalue weighted by molar-refractivity contribution is 5.82. The summed E-state index contributed by atoms with van der Waals surface area (Å²) in [5, 5.41) is 3.33. The van der Waals surface area contributed by atoms with Crippen LogP contribution in [0.25, 0.3) is 0 Å². The molecule has 0 bridgehead atoms. The molecule has 0 aromatic heterocycles. The van der Waals surface area contributed by atoms with Crippen molar-refractivity contribution >= 4 is 5.91 Å². The van der Waals surface area contributed by atoms with Gasteiger partial charge in [0.05, 0.1) is 6.04 Å². The van der Waals surface area contributed by atoms with Crippen LogP contribution in [-0.2, 0) is 4.79 Å². The van der Waals surface area contributed by atoms with Crippen molar-refractivity contribution in [2.45, 2.75) is 57.4 Å². The first kappa shape index (κ1) is 11.5. The van der Waals surface area contributed by atoms with E-state index in [2.05, 4.69) is 10.2 Å². The van der Waals surface area contributed by atoms with Crippen molar-refractivity contribution in [1.82, 2.24) is 10.2 Å². The molecule has 1 saturated carbocycles. The van der Waals surface area contributed by atoms with Gasteiger partial charge in [0, 0.05) is 13.1 Å². The summed E-state index contributed by atoms with van der Waals surface area (Å²) < 4.78 is 0. The van der Waals surface area contributed by atoms with E-state index in [-0.39, 0.29) is 6.04 Å². The van der Waals surface area contributed by atoms with E-state index in [0.717, 1.165) is 32.5 Å². The molecule has 1 unspecified atom stereocenters. The fourth-order valence-corrected chi connectivity index (χ4v) is 3.95. The lowest BCUT2D eigenvalue weighted by Gasteiger charge is -2.33. The molecule has 1 spiro atoms. The summed E-state index contributed by atoms with van der Waals surface area (Å²) in [5.74, 6) is 0.380. The van der Waals surface area contributed by atoms with Gasteiger partial charge in [0.15, 0.2) is 0 Å². The van der Waals surface area contributed by atoms with Crippen molar-refractivity contribution in [1.29, 1.82) is 0 Å². The van der Waals surface area contributed by atoms with Crippen LogP contribution in [0.15, 0.2) is 0 Å². The van der Waals surface area contributed by atoms with Crippen molar-refractivity contribution in [3.63, 3.8) is 0 Å². The third kappa shape index (κ3) is 2.22. The Hall–Kier alpha value is -0.570. The van der Waals surface area contributed by atoms with E-state index in [4.69, 9.17) is 0 Å². The van der Waals surface area contributed by atoms with Gasteiger partial charge in [0.25, 0.3) is 0 Å². The summed E-state index contributed by atoms with van der Waals surface area (Å²) in [4.78, 5) is 14.5. The molecule has 1 atom stereocenters. The number of carbonyl (C=O) groups excluding carboxylic acids is 1. The maximum absolute atomic E-state index is 12.3. The summed E-state index contributed by atoms with van der Waals surface area (Å²) in [6, 6.07) is 0.133. The van der Waals surface area contributed by atoms with Crippen LogP contribution in [0.4, 0.5) is 0 Å². The zero-order valence-corrected chi connectivity index (χ0v) is 10.7. The molecule has 3 rings (SSSR count). The molecule has 0 aromatic carbocycles. The van der Waals surface area contributed by atoms with E-state index in [1.807, 2.05) is 0 Å². The van der Waals surface area contributed by atoms with Gasteiger partial charge in [-0.15, -0.1) is 0 Å². The molecular formula is C14H24N2O. The van der Waals surface area contributed by atoms with Crippen molar-refractivity contribution in [3.8, 4) is 0 Å². The van der Waals surface area contributed by atoms with Crippen LogP contribution in [-0.4, -0.2) is 36.5 Å². The first-order valence-corrected chi connectivity index (χ1v) is 7.31. The second-order valence-corrected chi connectivity index (χ2v) is 6.22. The molecule has 2 heterocycles. The largest absolute Gasteiger partial charge is 0.341 e. The number of rotatable bonds is 1. The standard InChI is InChI=1S/C14H24N2O/c17-13(12-5-4-9-15-12)16-10-8-14(11-16)6-2-1-3-7-14/h12,15H,1-11H2. The van der Waals surface area contributed by atoms with Gasteiger partial charge in [-0.2, -0.15) is 0 Å². The topological polar surface area (TPSA) is 32.3 Å². The molecule has 1 aliphatic carbocycles. The number of carbonyl (C=O) groups is 1. The average molecular weight is 236 g/mol. The van der Waals surface area contributed by atoms with Crippen LogP contribution in [0.3, 0.4) is 0 Å². The Bertz CT molecular complexity index is 291. The minimum atomic E-state index is 0.133. The fourth-order valence-electron chi connectivity index (χ4n) is 3.95. The van der Waals surface area contributed by atoms with E-state index in [9.17, 15) is 4.79 Å². The molecule has 1 amide bonds. The van der Waals surface area contributed by atoms with Gasteiger partial charge in [0.2, 0.25) is 5.91 Å². The van der Waals surface area contributed by atoms with Crippen molar-refractivity contribution in [2.24, 2.45) is 5.41 Å². The number of hydrogen-bond acceptors (Lipinski definition) is 2. The second-order valence-electron chi connectivity index (χ2n) is 6.22. The normalized spacial score (nSPS) is 32.2. The Labute approximate surface area is 104 Å². The maximum Gasteiger partial charge on any atom is 0.239 e. The van der Waals surface area contributed by atoms with E-state index in [1.54, 1.807) is 0 Å². The van der Waals surface area contributed by atoms with Crippen molar-refractivity contribution in [3.05, 3.63) is 0 Å². The molecule has 1 N–H and O–H groups in total. The highest BCUT2D eigenvalue weighted by Gasteiger charge is 2.41. The number of amides is 1. The molecule has 3 fully saturated rings. The molecule has 3 aliphatic rings. The number of hydrogen-bond donors (Lipinski definition) is 1. The van der Waals surface area contributed by atoms with E-state index < -0.39 is 0 Å². The lowest BCUT2D eigenvalue weighted by molar-refractivity contribution is -0.132.